The van der Waals surface area contributed by atoms with Crippen LogP contribution in [0.1, 0.15) is 31.7 Å². The Hall–Kier alpha value is -1.02. The first kappa shape index (κ1) is 12.4. The van der Waals surface area contributed by atoms with Gasteiger partial charge in [-0.25, -0.2) is 0 Å². The number of rotatable bonds is 4. The van der Waals surface area contributed by atoms with E-state index >= 15 is 0 Å². The highest BCUT2D eigenvalue weighted by atomic mass is 14.9. The normalized spacial score (nSPS) is 20.9. The van der Waals surface area contributed by atoms with Gasteiger partial charge >= 0.3 is 0 Å². The standard InChI is InChI=1S/C15H24N2/c1-2-13-5-7-15(8-6-13)17-12-14-4-3-10-16-11-9-14/h5-8,14,16-17H,2-4,9-12H2,1H3. The molecule has 1 aromatic carbocycles. The van der Waals surface area contributed by atoms with Gasteiger partial charge in [0.2, 0.25) is 0 Å². The molecule has 1 aromatic rings. The van der Waals surface area contributed by atoms with Gasteiger partial charge in [-0.1, -0.05) is 19.1 Å². The summed E-state index contributed by atoms with van der Waals surface area (Å²) in [7, 11) is 0. The molecule has 2 heteroatoms. The molecule has 1 fully saturated rings. The molecule has 0 radical (unpaired) electrons. The lowest BCUT2D eigenvalue weighted by molar-refractivity contribution is 0.496. The van der Waals surface area contributed by atoms with Crippen molar-refractivity contribution in [3.8, 4) is 0 Å². The lowest BCUT2D eigenvalue weighted by Gasteiger charge is -2.15. The molecule has 2 nitrogen and oxygen atoms in total. The predicted octanol–water partition coefficient (Wildman–Crippen LogP) is 3.05. The van der Waals surface area contributed by atoms with Crippen molar-refractivity contribution in [1.29, 1.82) is 0 Å². The Labute approximate surface area is 105 Å². The first-order valence-electron chi connectivity index (χ1n) is 6.92. The predicted molar refractivity (Wildman–Crippen MR) is 74.5 cm³/mol. The van der Waals surface area contributed by atoms with Crippen LogP contribution in [0.3, 0.4) is 0 Å². The van der Waals surface area contributed by atoms with Gasteiger partial charge in [-0.05, 0) is 62.4 Å². The zero-order valence-electron chi connectivity index (χ0n) is 10.8. The fraction of sp³-hybridized carbons (Fsp3) is 0.600. The SMILES string of the molecule is CCc1ccc(NCC2CCCNCC2)cc1. The van der Waals surface area contributed by atoms with Crippen molar-refractivity contribution < 1.29 is 0 Å². The Balaban J connectivity index is 1.79. The Kier molecular flexibility index (Phi) is 4.87. The molecule has 0 bridgehead atoms. The summed E-state index contributed by atoms with van der Waals surface area (Å²) in [5, 5.41) is 7.03. The van der Waals surface area contributed by atoms with Crippen molar-refractivity contribution >= 4 is 5.69 Å². The average Bonchev–Trinajstić information content (AvgIpc) is 2.65. The molecule has 0 aliphatic carbocycles. The zero-order valence-corrected chi connectivity index (χ0v) is 10.8. The second-order valence-electron chi connectivity index (χ2n) is 4.98. The van der Waals surface area contributed by atoms with Crippen LogP contribution in [0.5, 0.6) is 0 Å². The summed E-state index contributed by atoms with van der Waals surface area (Å²) in [5.74, 6) is 0.829. The van der Waals surface area contributed by atoms with Gasteiger partial charge in [-0.15, -0.1) is 0 Å². The first-order valence-corrected chi connectivity index (χ1v) is 6.92. The minimum atomic E-state index is 0.829. The van der Waals surface area contributed by atoms with Gasteiger partial charge in [-0.3, -0.25) is 0 Å². The summed E-state index contributed by atoms with van der Waals surface area (Å²) in [4.78, 5) is 0. The number of hydrogen-bond donors (Lipinski definition) is 2. The number of benzene rings is 1. The van der Waals surface area contributed by atoms with Gasteiger partial charge in [-0.2, -0.15) is 0 Å². The Morgan fingerprint density at radius 2 is 2.00 bits per heavy atom. The molecule has 1 unspecified atom stereocenters. The van der Waals surface area contributed by atoms with Gasteiger partial charge in [0.15, 0.2) is 0 Å². The maximum absolute atomic E-state index is 3.57. The molecule has 1 saturated heterocycles. The Bertz CT molecular complexity index is 310. The summed E-state index contributed by atoms with van der Waals surface area (Å²) >= 11 is 0. The maximum atomic E-state index is 3.57. The minimum Gasteiger partial charge on any atom is -0.385 e. The molecule has 0 saturated carbocycles. The van der Waals surface area contributed by atoms with E-state index in [0.717, 1.165) is 18.9 Å². The summed E-state index contributed by atoms with van der Waals surface area (Å²) < 4.78 is 0. The summed E-state index contributed by atoms with van der Waals surface area (Å²) in [6.07, 6.45) is 5.10. The van der Waals surface area contributed by atoms with Crippen LogP contribution in [-0.4, -0.2) is 19.6 Å². The van der Waals surface area contributed by atoms with E-state index in [1.54, 1.807) is 0 Å². The molecule has 1 atom stereocenters. The molecule has 17 heavy (non-hydrogen) atoms. The van der Waals surface area contributed by atoms with E-state index in [0.29, 0.717) is 0 Å². The van der Waals surface area contributed by atoms with Crippen LogP contribution < -0.4 is 10.6 Å². The van der Waals surface area contributed by atoms with Crippen molar-refractivity contribution in [1.82, 2.24) is 5.32 Å². The van der Waals surface area contributed by atoms with E-state index in [-0.39, 0.29) is 0 Å². The van der Waals surface area contributed by atoms with Gasteiger partial charge in [0.05, 0.1) is 0 Å². The van der Waals surface area contributed by atoms with Crippen LogP contribution in [-0.2, 0) is 6.42 Å². The van der Waals surface area contributed by atoms with E-state index in [1.165, 1.54) is 43.6 Å². The van der Waals surface area contributed by atoms with Crippen molar-refractivity contribution in [3.05, 3.63) is 29.8 Å². The van der Waals surface area contributed by atoms with Crippen molar-refractivity contribution in [3.63, 3.8) is 0 Å². The molecule has 0 spiro atoms. The highest BCUT2D eigenvalue weighted by Crippen LogP contribution is 2.16. The van der Waals surface area contributed by atoms with Crippen molar-refractivity contribution in [2.75, 3.05) is 25.0 Å². The molecular weight excluding hydrogens is 208 g/mol. The highest BCUT2D eigenvalue weighted by Gasteiger charge is 2.11. The number of nitrogens with one attached hydrogen (secondary N) is 2. The van der Waals surface area contributed by atoms with Crippen LogP contribution in [0.4, 0.5) is 5.69 Å². The van der Waals surface area contributed by atoms with E-state index in [4.69, 9.17) is 0 Å². The second-order valence-corrected chi connectivity index (χ2v) is 4.98. The van der Waals surface area contributed by atoms with Crippen molar-refractivity contribution in [2.45, 2.75) is 32.6 Å². The van der Waals surface area contributed by atoms with E-state index in [2.05, 4.69) is 41.8 Å². The summed E-state index contributed by atoms with van der Waals surface area (Å²) in [6, 6.07) is 8.84. The quantitative estimate of drug-likeness (QED) is 0.833. The van der Waals surface area contributed by atoms with E-state index < -0.39 is 0 Å². The fourth-order valence-corrected chi connectivity index (χ4v) is 2.42. The third-order valence-corrected chi connectivity index (χ3v) is 3.65. The van der Waals surface area contributed by atoms with E-state index in [9.17, 15) is 0 Å². The molecule has 2 rings (SSSR count). The lowest BCUT2D eigenvalue weighted by Crippen LogP contribution is -2.17. The molecule has 0 aromatic heterocycles. The Morgan fingerprint density at radius 1 is 1.18 bits per heavy atom. The average molecular weight is 232 g/mol. The molecule has 94 valence electrons. The van der Waals surface area contributed by atoms with Gasteiger partial charge in [0.1, 0.15) is 0 Å². The third-order valence-electron chi connectivity index (χ3n) is 3.65. The van der Waals surface area contributed by atoms with E-state index in [1.807, 2.05) is 0 Å². The highest BCUT2D eigenvalue weighted by molar-refractivity contribution is 5.44. The minimum absolute atomic E-state index is 0.829. The molecule has 0 amide bonds. The summed E-state index contributed by atoms with van der Waals surface area (Å²) in [5.41, 5.74) is 2.67. The molecule has 1 heterocycles. The molecule has 1 aliphatic rings. The zero-order chi connectivity index (χ0) is 11.9. The molecule has 1 aliphatic heterocycles. The van der Waals surface area contributed by atoms with Gasteiger partial charge < -0.3 is 10.6 Å². The van der Waals surface area contributed by atoms with Crippen LogP contribution in [0.15, 0.2) is 24.3 Å². The number of hydrogen-bond acceptors (Lipinski definition) is 2. The van der Waals surface area contributed by atoms with Crippen LogP contribution in [0.25, 0.3) is 0 Å². The molecular formula is C15H24N2. The summed E-state index contributed by atoms with van der Waals surface area (Å²) in [6.45, 7) is 5.69. The van der Waals surface area contributed by atoms with Crippen LogP contribution in [0, 0.1) is 5.92 Å². The van der Waals surface area contributed by atoms with Crippen LogP contribution in [0.2, 0.25) is 0 Å². The lowest BCUT2D eigenvalue weighted by atomic mass is 10.0. The second kappa shape index (κ2) is 6.65. The van der Waals surface area contributed by atoms with Crippen molar-refractivity contribution in [2.24, 2.45) is 5.92 Å². The number of anilines is 1. The monoisotopic (exact) mass is 232 g/mol. The topological polar surface area (TPSA) is 24.1 Å². The Morgan fingerprint density at radius 3 is 2.76 bits per heavy atom. The smallest absolute Gasteiger partial charge is 0.0340 e. The first-order chi connectivity index (χ1) is 8.38. The van der Waals surface area contributed by atoms with Crippen LogP contribution >= 0.6 is 0 Å². The van der Waals surface area contributed by atoms with Gasteiger partial charge in [0.25, 0.3) is 0 Å². The maximum Gasteiger partial charge on any atom is 0.0340 e. The number of aryl methyl sites for hydroxylation is 1. The molecule has 2 N–H and O–H groups in total. The third kappa shape index (κ3) is 4.04. The largest absolute Gasteiger partial charge is 0.385 e. The van der Waals surface area contributed by atoms with Gasteiger partial charge in [0, 0.05) is 12.2 Å². The fourth-order valence-electron chi connectivity index (χ4n) is 2.42.